The Bertz CT molecular complexity index is 241. The van der Waals surface area contributed by atoms with Gasteiger partial charge in [-0.15, -0.1) is 0 Å². The molecule has 0 radical (unpaired) electrons. The average Bonchev–Trinajstić information content (AvgIpc) is 2.93. The number of nitrogens with one attached hydrogen (secondary N) is 2. The standard InChI is InChI=1S/C14H29N3O2/c1-15-14(17-13-7-3-4-8-13)16-9-5-6-10-19-12-11-18-2/h13H,3-12H2,1-2H3,(H2,15,16,17). The maximum Gasteiger partial charge on any atom is 0.191 e. The van der Waals surface area contributed by atoms with E-state index >= 15 is 0 Å². The van der Waals surface area contributed by atoms with Gasteiger partial charge in [0.15, 0.2) is 5.96 Å². The van der Waals surface area contributed by atoms with E-state index in [1.807, 2.05) is 7.05 Å². The fraction of sp³-hybridized carbons (Fsp3) is 0.929. The molecule has 1 aliphatic rings. The molecule has 0 bridgehead atoms. The van der Waals surface area contributed by atoms with Gasteiger partial charge in [0.05, 0.1) is 13.2 Å². The number of aliphatic imine (C=N–C) groups is 1. The summed E-state index contributed by atoms with van der Waals surface area (Å²) in [6, 6.07) is 0.614. The highest BCUT2D eigenvalue weighted by atomic mass is 16.5. The van der Waals surface area contributed by atoms with Gasteiger partial charge >= 0.3 is 0 Å². The number of ether oxygens (including phenoxy) is 2. The number of nitrogens with zero attached hydrogens (tertiary/aromatic N) is 1. The fourth-order valence-electron chi connectivity index (χ4n) is 2.24. The monoisotopic (exact) mass is 271 g/mol. The van der Waals surface area contributed by atoms with Gasteiger partial charge in [0, 0.05) is 33.4 Å². The lowest BCUT2D eigenvalue weighted by molar-refractivity contribution is 0.0689. The summed E-state index contributed by atoms with van der Waals surface area (Å²) < 4.78 is 10.3. The zero-order valence-corrected chi connectivity index (χ0v) is 12.4. The van der Waals surface area contributed by atoms with Crippen LogP contribution in [0.1, 0.15) is 38.5 Å². The maximum atomic E-state index is 5.42. The van der Waals surface area contributed by atoms with Crippen molar-refractivity contribution in [1.82, 2.24) is 10.6 Å². The Hall–Kier alpha value is -0.810. The minimum absolute atomic E-state index is 0.614. The molecule has 0 spiro atoms. The molecule has 0 amide bonds. The first-order valence-electron chi connectivity index (χ1n) is 7.40. The van der Waals surface area contributed by atoms with Crippen LogP contribution in [0.25, 0.3) is 0 Å². The SMILES string of the molecule is CN=C(NCCCCOCCOC)NC1CCCC1. The van der Waals surface area contributed by atoms with Gasteiger partial charge in [0.1, 0.15) is 0 Å². The lowest BCUT2D eigenvalue weighted by atomic mass is 10.2. The van der Waals surface area contributed by atoms with E-state index in [9.17, 15) is 0 Å². The average molecular weight is 271 g/mol. The molecule has 112 valence electrons. The highest BCUT2D eigenvalue weighted by Gasteiger charge is 2.15. The second-order valence-electron chi connectivity index (χ2n) is 4.94. The van der Waals surface area contributed by atoms with Gasteiger partial charge in [-0.2, -0.15) is 0 Å². The molecule has 0 aromatic rings. The van der Waals surface area contributed by atoms with Gasteiger partial charge in [-0.1, -0.05) is 12.8 Å². The van der Waals surface area contributed by atoms with Crippen molar-refractivity contribution in [1.29, 1.82) is 0 Å². The minimum Gasteiger partial charge on any atom is -0.382 e. The molecule has 0 unspecified atom stereocenters. The summed E-state index contributed by atoms with van der Waals surface area (Å²) in [5, 5.41) is 6.83. The smallest absolute Gasteiger partial charge is 0.191 e. The number of methoxy groups -OCH3 is 1. The van der Waals surface area contributed by atoms with Crippen LogP contribution in [-0.2, 0) is 9.47 Å². The van der Waals surface area contributed by atoms with Crippen molar-refractivity contribution in [2.75, 3.05) is 40.5 Å². The Balaban J connectivity index is 1.94. The Morgan fingerprint density at radius 2 is 1.95 bits per heavy atom. The molecule has 2 N–H and O–H groups in total. The van der Waals surface area contributed by atoms with E-state index in [0.29, 0.717) is 19.3 Å². The van der Waals surface area contributed by atoms with E-state index in [1.165, 1.54) is 25.7 Å². The molecule has 19 heavy (non-hydrogen) atoms. The third kappa shape index (κ3) is 8.06. The summed E-state index contributed by atoms with van der Waals surface area (Å²) >= 11 is 0. The Morgan fingerprint density at radius 1 is 1.16 bits per heavy atom. The van der Waals surface area contributed by atoms with Crippen LogP contribution in [0.15, 0.2) is 4.99 Å². The van der Waals surface area contributed by atoms with Crippen LogP contribution < -0.4 is 10.6 Å². The van der Waals surface area contributed by atoms with Crippen LogP contribution in [-0.4, -0.2) is 52.5 Å². The van der Waals surface area contributed by atoms with Crippen LogP contribution in [0.2, 0.25) is 0 Å². The molecular formula is C14H29N3O2. The molecule has 0 aromatic heterocycles. The minimum atomic E-state index is 0.614. The van der Waals surface area contributed by atoms with Crippen LogP contribution in [0.5, 0.6) is 0 Å². The molecule has 5 nitrogen and oxygen atoms in total. The Kier molecular flexibility index (Phi) is 9.45. The third-order valence-corrected chi connectivity index (χ3v) is 3.36. The van der Waals surface area contributed by atoms with E-state index in [4.69, 9.17) is 9.47 Å². The van der Waals surface area contributed by atoms with E-state index in [2.05, 4.69) is 15.6 Å². The number of guanidine groups is 1. The molecule has 0 saturated heterocycles. The summed E-state index contributed by atoms with van der Waals surface area (Å²) in [7, 11) is 3.52. The Labute approximate surface area is 117 Å². The van der Waals surface area contributed by atoms with E-state index in [-0.39, 0.29) is 0 Å². The molecule has 1 saturated carbocycles. The van der Waals surface area contributed by atoms with Crippen molar-refractivity contribution in [2.24, 2.45) is 4.99 Å². The largest absolute Gasteiger partial charge is 0.382 e. The van der Waals surface area contributed by atoms with Crippen LogP contribution in [0.4, 0.5) is 0 Å². The molecule has 1 rings (SSSR count). The number of rotatable bonds is 9. The number of hydrogen-bond acceptors (Lipinski definition) is 3. The van der Waals surface area contributed by atoms with E-state index in [0.717, 1.165) is 32.0 Å². The first-order valence-corrected chi connectivity index (χ1v) is 7.40. The second kappa shape index (κ2) is 11.1. The third-order valence-electron chi connectivity index (χ3n) is 3.36. The lowest BCUT2D eigenvalue weighted by Gasteiger charge is -2.16. The van der Waals surface area contributed by atoms with Crippen molar-refractivity contribution in [3.05, 3.63) is 0 Å². The molecule has 0 atom stereocenters. The number of hydrogen-bond donors (Lipinski definition) is 2. The summed E-state index contributed by atoms with van der Waals surface area (Å²) in [6.45, 7) is 3.12. The van der Waals surface area contributed by atoms with Crippen molar-refractivity contribution < 1.29 is 9.47 Å². The highest BCUT2D eigenvalue weighted by Crippen LogP contribution is 2.17. The molecule has 1 aliphatic carbocycles. The van der Waals surface area contributed by atoms with Gasteiger partial charge in [-0.05, 0) is 25.7 Å². The zero-order chi connectivity index (χ0) is 13.8. The normalized spacial score (nSPS) is 16.8. The van der Waals surface area contributed by atoms with Gasteiger partial charge in [-0.25, -0.2) is 0 Å². The van der Waals surface area contributed by atoms with Gasteiger partial charge in [0.2, 0.25) is 0 Å². The molecule has 0 aliphatic heterocycles. The summed E-state index contributed by atoms with van der Waals surface area (Å²) in [5.41, 5.74) is 0. The topological polar surface area (TPSA) is 54.9 Å². The van der Waals surface area contributed by atoms with Crippen LogP contribution in [0, 0.1) is 0 Å². The van der Waals surface area contributed by atoms with Crippen molar-refractivity contribution in [2.45, 2.75) is 44.6 Å². The predicted molar refractivity (Wildman–Crippen MR) is 78.7 cm³/mol. The summed E-state index contributed by atoms with van der Waals surface area (Å²) in [5.74, 6) is 0.937. The highest BCUT2D eigenvalue weighted by molar-refractivity contribution is 5.79. The Morgan fingerprint density at radius 3 is 2.63 bits per heavy atom. The number of unbranched alkanes of at least 4 members (excludes halogenated alkanes) is 1. The van der Waals surface area contributed by atoms with E-state index in [1.54, 1.807) is 7.11 Å². The first-order chi connectivity index (χ1) is 9.36. The molecule has 1 fully saturated rings. The van der Waals surface area contributed by atoms with Crippen molar-refractivity contribution >= 4 is 5.96 Å². The lowest BCUT2D eigenvalue weighted by Crippen LogP contribution is -2.42. The predicted octanol–water partition coefficient (Wildman–Crippen LogP) is 1.54. The van der Waals surface area contributed by atoms with Crippen LogP contribution >= 0.6 is 0 Å². The first kappa shape index (κ1) is 16.2. The van der Waals surface area contributed by atoms with E-state index < -0.39 is 0 Å². The molecule has 0 heterocycles. The second-order valence-corrected chi connectivity index (χ2v) is 4.94. The van der Waals surface area contributed by atoms with Gasteiger partial charge in [0.25, 0.3) is 0 Å². The molecular weight excluding hydrogens is 242 g/mol. The molecule has 0 aromatic carbocycles. The summed E-state index contributed by atoms with van der Waals surface area (Å²) in [6.07, 6.45) is 7.39. The van der Waals surface area contributed by atoms with Crippen molar-refractivity contribution in [3.8, 4) is 0 Å². The van der Waals surface area contributed by atoms with Gasteiger partial charge in [-0.3, -0.25) is 4.99 Å². The summed E-state index contributed by atoms with van der Waals surface area (Å²) in [4.78, 5) is 4.26. The van der Waals surface area contributed by atoms with Crippen LogP contribution in [0.3, 0.4) is 0 Å². The van der Waals surface area contributed by atoms with Gasteiger partial charge < -0.3 is 20.1 Å². The quantitative estimate of drug-likeness (QED) is 0.379. The fourth-order valence-corrected chi connectivity index (χ4v) is 2.24. The molecule has 5 heteroatoms. The maximum absolute atomic E-state index is 5.42. The zero-order valence-electron chi connectivity index (χ0n) is 12.4. The van der Waals surface area contributed by atoms with Crippen molar-refractivity contribution in [3.63, 3.8) is 0 Å².